The Labute approximate surface area is 119 Å². The van der Waals surface area contributed by atoms with Crippen molar-refractivity contribution >= 4 is 10.2 Å². The van der Waals surface area contributed by atoms with Crippen LogP contribution in [0.1, 0.15) is 30.2 Å². The van der Waals surface area contributed by atoms with Gasteiger partial charge in [-0.3, -0.25) is 0 Å². The first kappa shape index (κ1) is 15.4. The first-order valence-corrected chi connectivity index (χ1v) is 8.24. The van der Waals surface area contributed by atoms with Gasteiger partial charge in [-0.2, -0.15) is 17.4 Å². The van der Waals surface area contributed by atoms with E-state index < -0.39 is 10.2 Å². The Balaban J connectivity index is 1.91. The minimum atomic E-state index is -3.47. The summed E-state index contributed by atoms with van der Waals surface area (Å²) in [6.07, 6.45) is 1.63. The highest BCUT2D eigenvalue weighted by atomic mass is 32.2. The van der Waals surface area contributed by atoms with Gasteiger partial charge in [-0.05, 0) is 39.2 Å². The van der Waals surface area contributed by atoms with Gasteiger partial charge in [0.2, 0.25) is 5.89 Å². The van der Waals surface area contributed by atoms with Gasteiger partial charge < -0.3 is 10.2 Å². The zero-order valence-corrected chi connectivity index (χ0v) is 12.7. The van der Waals surface area contributed by atoms with Crippen molar-refractivity contribution in [2.24, 2.45) is 11.7 Å². The van der Waals surface area contributed by atoms with E-state index in [0.717, 1.165) is 18.5 Å². The molecule has 3 N–H and O–H groups in total. The third-order valence-electron chi connectivity index (χ3n) is 3.73. The molecule has 0 saturated carbocycles. The number of piperidine rings is 1. The Bertz CT molecular complexity index is 528. The lowest BCUT2D eigenvalue weighted by atomic mass is 9.99. The van der Waals surface area contributed by atoms with Crippen LogP contribution >= 0.6 is 0 Å². The average Bonchev–Trinajstić information content (AvgIpc) is 2.76. The molecule has 1 aliphatic heterocycles. The number of nitrogens with two attached hydrogens (primary N) is 1. The van der Waals surface area contributed by atoms with E-state index in [2.05, 4.69) is 9.71 Å². The van der Waals surface area contributed by atoms with Crippen LogP contribution in [0.5, 0.6) is 0 Å². The molecule has 2 heterocycles. The number of aromatic nitrogens is 1. The lowest BCUT2D eigenvalue weighted by molar-refractivity contribution is 0.275. The molecule has 1 aromatic heterocycles. The van der Waals surface area contributed by atoms with E-state index in [1.165, 1.54) is 4.31 Å². The first-order chi connectivity index (χ1) is 9.42. The molecular weight excluding hydrogens is 280 g/mol. The molecule has 0 amide bonds. The second-order valence-electron chi connectivity index (χ2n) is 5.15. The van der Waals surface area contributed by atoms with Crippen LogP contribution in [0.25, 0.3) is 0 Å². The second-order valence-corrected chi connectivity index (χ2v) is 6.91. The number of nitrogens with one attached hydrogen (secondary N) is 1. The summed E-state index contributed by atoms with van der Waals surface area (Å²) in [7, 11) is -3.47. The molecular formula is C12H22N4O3S. The quantitative estimate of drug-likeness (QED) is 0.814. The molecule has 1 fully saturated rings. The van der Waals surface area contributed by atoms with E-state index in [1.807, 2.05) is 6.92 Å². The molecule has 20 heavy (non-hydrogen) atoms. The fourth-order valence-corrected chi connectivity index (χ4v) is 3.42. The predicted octanol–water partition coefficient (Wildman–Crippen LogP) is 0.297. The summed E-state index contributed by atoms with van der Waals surface area (Å²) in [5, 5.41) is 0. The number of rotatable bonds is 5. The topological polar surface area (TPSA) is 101 Å². The second kappa shape index (κ2) is 6.21. The van der Waals surface area contributed by atoms with Crippen molar-refractivity contribution < 1.29 is 12.8 Å². The van der Waals surface area contributed by atoms with Crippen LogP contribution in [-0.2, 0) is 16.8 Å². The van der Waals surface area contributed by atoms with Crippen LogP contribution in [0.2, 0.25) is 0 Å². The third-order valence-corrected chi connectivity index (χ3v) is 5.28. The molecule has 0 aromatic carbocycles. The van der Waals surface area contributed by atoms with Crippen molar-refractivity contribution in [2.45, 2.75) is 33.2 Å². The number of aryl methyl sites for hydroxylation is 2. The van der Waals surface area contributed by atoms with Gasteiger partial charge in [-0.15, -0.1) is 0 Å². The maximum atomic E-state index is 12.2. The standard InChI is InChI=1S/C12H22N4O3S/c1-9-10(2)19-12(15-9)8-14-20(17,18)16-5-3-11(7-13)4-6-16/h11,14H,3-8,13H2,1-2H3. The van der Waals surface area contributed by atoms with Crippen LogP contribution in [0.4, 0.5) is 0 Å². The van der Waals surface area contributed by atoms with Gasteiger partial charge >= 0.3 is 0 Å². The number of hydrogen-bond donors (Lipinski definition) is 2. The molecule has 1 aromatic rings. The SMILES string of the molecule is Cc1nc(CNS(=O)(=O)N2CCC(CN)CC2)oc1C. The summed E-state index contributed by atoms with van der Waals surface area (Å²) in [6, 6.07) is 0. The fraction of sp³-hybridized carbons (Fsp3) is 0.750. The molecule has 0 unspecified atom stereocenters. The number of hydrogen-bond acceptors (Lipinski definition) is 5. The molecule has 7 nitrogen and oxygen atoms in total. The third kappa shape index (κ3) is 3.57. The van der Waals surface area contributed by atoms with Crippen LogP contribution in [0.15, 0.2) is 4.42 Å². The zero-order chi connectivity index (χ0) is 14.8. The molecule has 114 valence electrons. The van der Waals surface area contributed by atoms with E-state index >= 15 is 0 Å². The molecule has 8 heteroatoms. The molecule has 0 spiro atoms. The Morgan fingerprint density at radius 1 is 1.40 bits per heavy atom. The Kier molecular flexibility index (Phi) is 4.79. The lowest BCUT2D eigenvalue weighted by Gasteiger charge is -2.30. The van der Waals surface area contributed by atoms with Gasteiger partial charge in [0, 0.05) is 13.1 Å². The van der Waals surface area contributed by atoms with Crippen molar-refractivity contribution in [3.63, 3.8) is 0 Å². The van der Waals surface area contributed by atoms with Gasteiger partial charge in [-0.25, -0.2) is 4.98 Å². The van der Waals surface area contributed by atoms with E-state index in [0.29, 0.717) is 37.2 Å². The first-order valence-electron chi connectivity index (χ1n) is 6.80. The molecule has 0 aliphatic carbocycles. The van der Waals surface area contributed by atoms with Gasteiger partial charge in [0.25, 0.3) is 10.2 Å². The molecule has 1 saturated heterocycles. The summed E-state index contributed by atoms with van der Waals surface area (Å²) in [5.41, 5.74) is 6.39. The fourth-order valence-electron chi connectivity index (χ4n) is 2.24. The zero-order valence-electron chi connectivity index (χ0n) is 11.9. The molecule has 2 rings (SSSR count). The minimum absolute atomic E-state index is 0.0772. The summed E-state index contributed by atoms with van der Waals surface area (Å²) >= 11 is 0. The Morgan fingerprint density at radius 2 is 2.05 bits per heavy atom. The molecule has 0 radical (unpaired) electrons. The number of nitrogens with zero attached hydrogens (tertiary/aromatic N) is 2. The minimum Gasteiger partial charge on any atom is -0.444 e. The molecule has 0 atom stereocenters. The lowest BCUT2D eigenvalue weighted by Crippen LogP contribution is -2.45. The van der Waals surface area contributed by atoms with Crippen LogP contribution in [0.3, 0.4) is 0 Å². The van der Waals surface area contributed by atoms with Gasteiger partial charge in [0.05, 0.1) is 12.2 Å². The molecule has 1 aliphatic rings. The van der Waals surface area contributed by atoms with Crippen LogP contribution < -0.4 is 10.5 Å². The Morgan fingerprint density at radius 3 is 2.55 bits per heavy atom. The van der Waals surface area contributed by atoms with Crippen molar-refractivity contribution in [3.05, 3.63) is 17.3 Å². The summed E-state index contributed by atoms with van der Waals surface area (Å²) in [6.45, 7) is 5.36. The van der Waals surface area contributed by atoms with Crippen molar-refractivity contribution in [1.29, 1.82) is 0 Å². The van der Waals surface area contributed by atoms with Gasteiger partial charge in [-0.1, -0.05) is 0 Å². The van der Waals surface area contributed by atoms with Gasteiger partial charge in [0.15, 0.2) is 0 Å². The van der Waals surface area contributed by atoms with E-state index in [1.54, 1.807) is 6.92 Å². The maximum Gasteiger partial charge on any atom is 0.279 e. The van der Waals surface area contributed by atoms with E-state index in [9.17, 15) is 8.42 Å². The largest absolute Gasteiger partial charge is 0.444 e. The summed E-state index contributed by atoms with van der Waals surface area (Å²) < 4.78 is 33.7. The normalized spacial score (nSPS) is 18.6. The maximum absolute atomic E-state index is 12.2. The highest BCUT2D eigenvalue weighted by Gasteiger charge is 2.27. The monoisotopic (exact) mass is 302 g/mol. The van der Waals surface area contributed by atoms with Gasteiger partial charge in [0.1, 0.15) is 5.76 Å². The van der Waals surface area contributed by atoms with Crippen molar-refractivity contribution in [1.82, 2.24) is 14.0 Å². The Hall–Kier alpha value is -0.960. The predicted molar refractivity (Wildman–Crippen MR) is 75.1 cm³/mol. The summed E-state index contributed by atoms with van der Waals surface area (Å²) in [5.74, 6) is 1.53. The molecule has 0 bridgehead atoms. The average molecular weight is 302 g/mol. The van der Waals surface area contributed by atoms with E-state index in [4.69, 9.17) is 10.2 Å². The number of oxazole rings is 1. The summed E-state index contributed by atoms with van der Waals surface area (Å²) in [4.78, 5) is 4.16. The van der Waals surface area contributed by atoms with Crippen LogP contribution in [0, 0.1) is 19.8 Å². The highest BCUT2D eigenvalue weighted by Crippen LogP contribution is 2.18. The van der Waals surface area contributed by atoms with Crippen molar-refractivity contribution in [3.8, 4) is 0 Å². The van der Waals surface area contributed by atoms with E-state index in [-0.39, 0.29) is 6.54 Å². The van der Waals surface area contributed by atoms with Crippen molar-refractivity contribution in [2.75, 3.05) is 19.6 Å². The smallest absolute Gasteiger partial charge is 0.279 e. The highest BCUT2D eigenvalue weighted by molar-refractivity contribution is 7.87. The van der Waals surface area contributed by atoms with Crippen LogP contribution in [-0.4, -0.2) is 37.3 Å².